The molecule has 134 valence electrons. The highest BCUT2D eigenvalue weighted by Gasteiger charge is 2.35. The molecule has 0 aliphatic carbocycles. The molecule has 4 nitrogen and oxygen atoms in total. The number of aryl methyl sites for hydroxylation is 1. The Labute approximate surface area is 153 Å². The number of aromatic nitrogens is 2. The van der Waals surface area contributed by atoms with Crippen LogP contribution in [0.1, 0.15) is 11.1 Å². The largest absolute Gasteiger partial charge is 0.421 e. The Bertz CT molecular complexity index is 911. The Morgan fingerprint density at radius 1 is 0.962 bits per heavy atom. The molecule has 0 spiro atoms. The van der Waals surface area contributed by atoms with E-state index in [-0.39, 0.29) is 11.8 Å². The van der Waals surface area contributed by atoms with E-state index in [1.165, 1.54) is 0 Å². The van der Waals surface area contributed by atoms with E-state index in [2.05, 4.69) is 20.6 Å². The summed E-state index contributed by atoms with van der Waals surface area (Å²) in [4.78, 5) is 7.80. The SMILES string of the molecule is Cc1ccccc1Nc1ncc(C(F)(F)F)c(Nc2ccc(Cl)cc2)n1. The van der Waals surface area contributed by atoms with Crippen molar-refractivity contribution in [3.63, 3.8) is 0 Å². The minimum absolute atomic E-state index is 0.0590. The Morgan fingerprint density at radius 2 is 1.65 bits per heavy atom. The number of alkyl halides is 3. The van der Waals surface area contributed by atoms with Gasteiger partial charge in [-0.15, -0.1) is 0 Å². The first-order chi connectivity index (χ1) is 12.3. The van der Waals surface area contributed by atoms with Crippen molar-refractivity contribution in [1.29, 1.82) is 0 Å². The summed E-state index contributed by atoms with van der Waals surface area (Å²) in [6, 6.07) is 13.6. The number of anilines is 4. The van der Waals surface area contributed by atoms with E-state index in [1.54, 1.807) is 30.3 Å². The van der Waals surface area contributed by atoms with E-state index in [4.69, 9.17) is 11.6 Å². The Hall–Kier alpha value is -2.80. The standard InChI is InChI=1S/C18H14ClF3N4/c1-11-4-2-3-5-15(11)25-17-23-10-14(18(20,21)22)16(26-17)24-13-8-6-12(19)7-9-13/h2-10H,1H3,(H2,23,24,25,26). The smallest absolute Gasteiger partial charge is 0.340 e. The van der Waals surface area contributed by atoms with Crippen molar-refractivity contribution in [1.82, 2.24) is 9.97 Å². The lowest BCUT2D eigenvalue weighted by atomic mass is 10.2. The van der Waals surface area contributed by atoms with Crippen LogP contribution in [0, 0.1) is 6.92 Å². The summed E-state index contributed by atoms with van der Waals surface area (Å²) in [6.07, 6.45) is -3.83. The maximum Gasteiger partial charge on any atom is 0.421 e. The molecule has 0 atom stereocenters. The van der Waals surface area contributed by atoms with Gasteiger partial charge in [-0.1, -0.05) is 29.8 Å². The first-order valence-corrected chi connectivity index (χ1v) is 8.00. The molecule has 0 aliphatic heterocycles. The molecule has 0 fully saturated rings. The van der Waals surface area contributed by atoms with Crippen LogP contribution >= 0.6 is 11.6 Å². The van der Waals surface area contributed by atoms with E-state index >= 15 is 0 Å². The lowest BCUT2D eigenvalue weighted by Crippen LogP contribution is -2.12. The van der Waals surface area contributed by atoms with Gasteiger partial charge in [0.15, 0.2) is 0 Å². The zero-order valence-electron chi connectivity index (χ0n) is 13.6. The molecule has 2 aromatic carbocycles. The number of hydrogen-bond acceptors (Lipinski definition) is 4. The molecule has 0 aliphatic rings. The van der Waals surface area contributed by atoms with Crippen molar-refractivity contribution in [3.05, 3.63) is 70.9 Å². The molecule has 2 N–H and O–H groups in total. The summed E-state index contributed by atoms with van der Waals surface area (Å²) in [7, 11) is 0. The molecule has 1 aromatic heterocycles. The number of nitrogens with one attached hydrogen (secondary N) is 2. The van der Waals surface area contributed by atoms with Crippen molar-refractivity contribution in [2.75, 3.05) is 10.6 Å². The molecule has 0 saturated heterocycles. The van der Waals surface area contributed by atoms with Gasteiger partial charge in [0.25, 0.3) is 0 Å². The fourth-order valence-electron chi connectivity index (χ4n) is 2.25. The summed E-state index contributed by atoms with van der Waals surface area (Å²) in [5.74, 6) is -0.283. The van der Waals surface area contributed by atoms with Crippen LogP contribution in [-0.2, 0) is 6.18 Å². The quantitative estimate of drug-likeness (QED) is 0.589. The number of nitrogens with zero attached hydrogens (tertiary/aromatic N) is 2. The van der Waals surface area contributed by atoms with Gasteiger partial charge in [-0.3, -0.25) is 0 Å². The molecule has 3 rings (SSSR count). The minimum atomic E-state index is -4.59. The second-order valence-corrected chi connectivity index (χ2v) is 5.96. The fraction of sp³-hybridized carbons (Fsp3) is 0.111. The van der Waals surface area contributed by atoms with Crippen LogP contribution in [0.15, 0.2) is 54.7 Å². The van der Waals surface area contributed by atoms with Crippen LogP contribution in [0.4, 0.5) is 36.3 Å². The summed E-state index contributed by atoms with van der Waals surface area (Å²) < 4.78 is 39.8. The second-order valence-electron chi connectivity index (χ2n) is 5.53. The number of para-hydroxylation sites is 1. The van der Waals surface area contributed by atoms with Gasteiger partial charge in [-0.2, -0.15) is 18.2 Å². The highest BCUT2D eigenvalue weighted by atomic mass is 35.5. The van der Waals surface area contributed by atoms with Gasteiger partial charge in [0.05, 0.1) is 0 Å². The predicted octanol–water partition coefficient (Wildman–Crippen LogP) is 5.94. The lowest BCUT2D eigenvalue weighted by Gasteiger charge is -2.15. The van der Waals surface area contributed by atoms with Crippen molar-refractivity contribution in [2.24, 2.45) is 0 Å². The molecule has 0 saturated carbocycles. The normalized spacial score (nSPS) is 11.3. The summed E-state index contributed by atoms with van der Waals surface area (Å²) in [5.41, 5.74) is 1.11. The Kier molecular flexibility index (Phi) is 4.99. The van der Waals surface area contributed by atoms with Crippen LogP contribution in [0.3, 0.4) is 0 Å². The zero-order valence-corrected chi connectivity index (χ0v) is 14.4. The summed E-state index contributed by atoms with van der Waals surface area (Å²) in [5, 5.41) is 6.10. The maximum absolute atomic E-state index is 13.3. The number of rotatable bonds is 4. The van der Waals surface area contributed by atoms with Crippen molar-refractivity contribution < 1.29 is 13.2 Å². The molecule has 0 radical (unpaired) electrons. The molecular weight excluding hydrogens is 365 g/mol. The highest BCUT2D eigenvalue weighted by molar-refractivity contribution is 6.30. The van der Waals surface area contributed by atoms with E-state index in [1.807, 2.05) is 25.1 Å². The Balaban J connectivity index is 1.96. The molecule has 0 bridgehead atoms. The second kappa shape index (κ2) is 7.21. The summed E-state index contributed by atoms with van der Waals surface area (Å²) >= 11 is 5.81. The maximum atomic E-state index is 13.3. The first kappa shape index (κ1) is 18.0. The average Bonchev–Trinajstić information content (AvgIpc) is 2.58. The van der Waals surface area contributed by atoms with Gasteiger partial charge in [-0.25, -0.2) is 4.98 Å². The van der Waals surface area contributed by atoms with E-state index in [0.717, 1.165) is 11.8 Å². The molecular formula is C18H14ClF3N4. The molecule has 8 heteroatoms. The van der Waals surface area contributed by atoms with E-state index in [9.17, 15) is 13.2 Å². The highest BCUT2D eigenvalue weighted by Crippen LogP contribution is 2.35. The monoisotopic (exact) mass is 378 g/mol. The lowest BCUT2D eigenvalue weighted by molar-refractivity contribution is -0.137. The van der Waals surface area contributed by atoms with Gasteiger partial charge in [0.2, 0.25) is 5.95 Å². The van der Waals surface area contributed by atoms with Crippen LogP contribution < -0.4 is 10.6 Å². The van der Waals surface area contributed by atoms with E-state index in [0.29, 0.717) is 16.4 Å². The van der Waals surface area contributed by atoms with Crippen LogP contribution in [-0.4, -0.2) is 9.97 Å². The average molecular weight is 379 g/mol. The van der Waals surface area contributed by atoms with Gasteiger partial charge >= 0.3 is 6.18 Å². The van der Waals surface area contributed by atoms with Crippen LogP contribution in [0.2, 0.25) is 5.02 Å². The van der Waals surface area contributed by atoms with Gasteiger partial charge in [-0.05, 0) is 42.8 Å². The molecule has 0 amide bonds. The number of hydrogen-bond donors (Lipinski definition) is 2. The fourth-order valence-corrected chi connectivity index (χ4v) is 2.37. The zero-order chi connectivity index (χ0) is 18.7. The van der Waals surface area contributed by atoms with Crippen molar-refractivity contribution in [2.45, 2.75) is 13.1 Å². The topological polar surface area (TPSA) is 49.8 Å². The van der Waals surface area contributed by atoms with Crippen LogP contribution in [0.5, 0.6) is 0 Å². The van der Waals surface area contributed by atoms with Crippen LogP contribution in [0.25, 0.3) is 0 Å². The summed E-state index contributed by atoms with van der Waals surface area (Å²) in [6.45, 7) is 1.87. The first-order valence-electron chi connectivity index (χ1n) is 7.62. The third-order valence-corrected chi connectivity index (χ3v) is 3.84. The third-order valence-electron chi connectivity index (χ3n) is 3.59. The van der Waals surface area contributed by atoms with Gasteiger partial charge < -0.3 is 10.6 Å². The van der Waals surface area contributed by atoms with Gasteiger partial charge in [0.1, 0.15) is 11.4 Å². The van der Waals surface area contributed by atoms with Crippen molar-refractivity contribution >= 4 is 34.7 Å². The molecule has 3 aromatic rings. The van der Waals surface area contributed by atoms with Gasteiger partial charge in [0, 0.05) is 22.6 Å². The Morgan fingerprint density at radius 3 is 2.31 bits per heavy atom. The van der Waals surface area contributed by atoms with E-state index < -0.39 is 11.7 Å². The third kappa shape index (κ3) is 4.23. The molecule has 1 heterocycles. The minimum Gasteiger partial charge on any atom is -0.340 e. The number of benzene rings is 2. The van der Waals surface area contributed by atoms with Crippen molar-refractivity contribution in [3.8, 4) is 0 Å². The molecule has 26 heavy (non-hydrogen) atoms. The molecule has 0 unspecified atom stereocenters. The number of halogens is 4. The predicted molar refractivity (Wildman–Crippen MR) is 96.2 cm³/mol.